The van der Waals surface area contributed by atoms with Crippen LogP contribution < -0.4 is 0 Å². The summed E-state index contributed by atoms with van der Waals surface area (Å²) >= 11 is 13.6. The number of hydrogen-bond donors (Lipinski definition) is 1. The number of benzene rings is 2. The van der Waals surface area contributed by atoms with Gasteiger partial charge in [-0.3, -0.25) is 0 Å². The Kier molecular flexibility index (Phi) is 4.95. The van der Waals surface area contributed by atoms with Crippen molar-refractivity contribution in [2.75, 3.05) is 5.75 Å². The van der Waals surface area contributed by atoms with Gasteiger partial charge in [-0.1, -0.05) is 53.5 Å². The molecule has 18 heavy (non-hydrogen) atoms. The molecule has 0 bridgehead atoms. The van der Waals surface area contributed by atoms with Crippen molar-refractivity contribution in [2.24, 2.45) is 0 Å². The zero-order valence-electron chi connectivity index (χ0n) is 9.51. The molecule has 0 spiro atoms. The van der Waals surface area contributed by atoms with E-state index < -0.39 is 6.10 Å². The summed E-state index contributed by atoms with van der Waals surface area (Å²) in [6.07, 6.45) is -0.597. The molecule has 2 aromatic carbocycles. The molecule has 2 rings (SSSR count). The SMILES string of the molecule is OC(CSc1ccccc1Cl)c1ccccc1Cl. The van der Waals surface area contributed by atoms with Crippen molar-refractivity contribution >= 4 is 35.0 Å². The number of rotatable bonds is 4. The summed E-state index contributed by atoms with van der Waals surface area (Å²) in [4.78, 5) is 0.963. The Balaban J connectivity index is 2.03. The van der Waals surface area contributed by atoms with Gasteiger partial charge in [0.15, 0.2) is 0 Å². The van der Waals surface area contributed by atoms with Gasteiger partial charge in [0.05, 0.1) is 11.1 Å². The van der Waals surface area contributed by atoms with Crippen LogP contribution >= 0.6 is 35.0 Å². The van der Waals surface area contributed by atoms with Gasteiger partial charge in [0.1, 0.15) is 0 Å². The molecule has 2 aromatic rings. The molecule has 94 valence electrons. The van der Waals surface area contributed by atoms with E-state index in [1.165, 1.54) is 11.8 Å². The second kappa shape index (κ2) is 6.48. The summed E-state index contributed by atoms with van der Waals surface area (Å²) in [6, 6.07) is 14.9. The lowest BCUT2D eigenvalue weighted by molar-refractivity contribution is 0.204. The van der Waals surface area contributed by atoms with Crippen molar-refractivity contribution in [3.8, 4) is 0 Å². The fourth-order valence-corrected chi connectivity index (χ4v) is 3.02. The van der Waals surface area contributed by atoms with Crippen LogP contribution in [0.3, 0.4) is 0 Å². The molecule has 1 unspecified atom stereocenters. The standard InChI is InChI=1S/C14H12Cl2OS/c15-11-6-2-1-5-10(11)13(17)9-18-14-8-4-3-7-12(14)16/h1-8,13,17H,9H2. The van der Waals surface area contributed by atoms with E-state index in [9.17, 15) is 5.11 Å². The van der Waals surface area contributed by atoms with Crippen LogP contribution in [0.4, 0.5) is 0 Å². The Morgan fingerprint density at radius 1 is 0.944 bits per heavy atom. The van der Waals surface area contributed by atoms with E-state index in [2.05, 4.69) is 0 Å². The minimum Gasteiger partial charge on any atom is -0.387 e. The zero-order chi connectivity index (χ0) is 13.0. The third-order valence-electron chi connectivity index (χ3n) is 2.50. The predicted molar refractivity (Wildman–Crippen MR) is 78.6 cm³/mol. The largest absolute Gasteiger partial charge is 0.387 e. The first kappa shape index (κ1) is 13.8. The second-order valence-electron chi connectivity index (χ2n) is 3.78. The topological polar surface area (TPSA) is 20.2 Å². The Morgan fingerprint density at radius 3 is 2.22 bits per heavy atom. The first-order valence-electron chi connectivity index (χ1n) is 5.48. The van der Waals surface area contributed by atoms with Crippen molar-refractivity contribution in [1.29, 1.82) is 0 Å². The summed E-state index contributed by atoms with van der Waals surface area (Å²) in [5, 5.41) is 11.4. The molecule has 0 saturated heterocycles. The molecule has 1 N–H and O–H groups in total. The van der Waals surface area contributed by atoms with Crippen LogP contribution in [-0.4, -0.2) is 10.9 Å². The maximum absolute atomic E-state index is 10.1. The average Bonchev–Trinajstić information content (AvgIpc) is 2.38. The summed E-state index contributed by atoms with van der Waals surface area (Å²) in [6.45, 7) is 0. The molecule has 0 saturated carbocycles. The van der Waals surface area contributed by atoms with Gasteiger partial charge in [0.25, 0.3) is 0 Å². The van der Waals surface area contributed by atoms with Crippen molar-refractivity contribution in [3.63, 3.8) is 0 Å². The lowest BCUT2D eigenvalue weighted by Gasteiger charge is -2.12. The van der Waals surface area contributed by atoms with E-state index in [4.69, 9.17) is 23.2 Å². The maximum atomic E-state index is 10.1. The van der Waals surface area contributed by atoms with Gasteiger partial charge in [-0.15, -0.1) is 11.8 Å². The third-order valence-corrected chi connectivity index (χ3v) is 4.43. The molecule has 0 aliphatic rings. The highest BCUT2D eigenvalue weighted by atomic mass is 35.5. The molecule has 1 atom stereocenters. The van der Waals surface area contributed by atoms with E-state index in [0.717, 1.165) is 10.5 Å². The van der Waals surface area contributed by atoms with Crippen LogP contribution in [0.25, 0.3) is 0 Å². The molecular formula is C14H12Cl2OS. The second-order valence-corrected chi connectivity index (χ2v) is 5.65. The van der Waals surface area contributed by atoms with E-state index >= 15 is 0 Å². The van der Waals surface area contributed by atoms with Gasteiger partial charge < -0.3 is 5.11 Å². The highest BCUT2D eigenvalue weighted by molar-refractivity contribution is 7.99. The Bertz CT molecular complexity index is 531. The molecule has 4 heteroatoms. The van der Waals surface area contributed by atoms with E-state index in [-0.39, 0.29) is 0 Å². The predicted octanol–water partition coefficient (Wildman–Crippen LogP) is 4.82. The Hall–Kier alpha value is -0.670. The van der Waals surface area contributed by atoms with Gasteiger partial charge in [0, 0.05) is 15.7 Å². The normalized spacial score (nSPS) is 12.4. The lowest BCUT2D eigenvalue weighted by atomic mass is 10.1. The zero-order valence-corrected chi connectivity index (χ0v) is 11.8. The van der Waals surface area contributed by atoms with Gasteiger partial charge in [-0.2, -0.15) is 0 Å². The highest BCUT2D eigenvalue weighted by Gasteiger charge is 2.12. The van der Waals surface area contributed by atoms with E-state index in [0.29, 0.717) is 15.8 Å². The van der Waals surface area contributed by atoms with Gasteiger partial charge in [0.2, 0.25) is 0 Å². The summed E-state index contributed by atoms with van der Waals surface area (Å²) in [5.41, 5.74) is 0.749. The van der Waals surface area contributed by atoms with Crippen molar-refractivity contribution in [1.82, 2.24) is 0 Å². The molecule has 0 aliphatic heterocycles. The van der Waals surface area contributed by atoms with Crippen molar-refractivity contribution < 1.29 is 5.11 Å². The highest BCUT2D eigenvalue weighted by Crippen LogP contribution is 2.31. The quantitative estimate of drug-likeness (QED) is 0.817. The van der Waals surface area contributed by atoms with Crippen molar-refractivity contribution in [2.45, 2.75) is 11.0 Å². The average molecular weight is 299 g/mol. The number of thioether (sulfide) groups is 1. The molecule has 0 heterocycles. The van der Waals surface area contributed by atoms with Crippen LogP contribution in [0, 0.1) is 0 Å². The fraction of sp³-hybridized carbons (Fsp3) is 0.143. The van der Waals surface area contributed by atoms with Gasteiger partial charge in [-0.25, -0.2) is 0 Å². The van der Waals surface area contributed by atoms with E-state index in [1.807, 2.05) is 42.5 Å². The summed E-state index contributed by atoms with van der Waals surface area (Å²) < 4.78 is 0. The Labute approximate surface area is 121 Å². The van der Waals surface area contributed by atoms with E-state index in [1.54, 1.807) is 6.07 Å². The number of aliphatic hydroxyl groups is 1. The first-order valence-corrected chi connectivity index (χ1v) is 7.22. The summed E-state index contributed by atoms with van der Waals surface area (Å²) in [5.74, 6) is 0.521. The van der Waals surface area contributed by atoms with Crippen molar-refractivity contribution in [3.05, 3.63) is 64.1 Å². The molecule has 0 amide bonds. The Morgan fingerprint density at radius 2 is 1.56 bits per heavy atom. The molecule has 0 radical (unpaired) electrons. The smallest absolute Gasteiger partial charge is 0.0898 e. The molecule has 0 fully saturated rings. The first-order chi connectivity index (χ1) is 8.68. The molecule has 0 aromatic heterocycles. The molecule has 0 aliphatic carbocycles. The number of aliphatic hydroxyl groups excluding tert-OH is 1. The van der Waals surface area contributed by atoms with Crippen LogP contribution in [-0.2, 0) is 0 Å². The molecular weight excluding hydrogens is 287 g/mol. The number of hydrogen-bond acceptors (Lipinski definition) is 2. The summed E-state index contributed by atoms with van der Waals surface area (Å²) in [7, 11) is 0. The maximum Gasteiger partial charge on any atom is 0.0898 e. The van der Waals surface area contributed by atoms with Crippen LogP contribution in [0.2, 0.25) is 10.0 Å². The van der Waals surface area contributed by atoms with Gasteiger partial charge >= 0.3 is 0 Å². The monoisotopic (exact) mass is 298 g/mol. The van der Waals surface area contributed by atoms with Crippen LogP contribution in [0.1, 0.15) is 11.7 Å². The minimum absolute atomic E-state index is 0.521. The fourth-order valence-electron chi connectivity index (χ4n) is 1.57. The molecule has 1 nitrogen and oxygen atoms in total. The van der Waals surface area contributed by atoms with Gasteiger partial charge in [-0.05, 0) is 23.8 Å². The van der Waals surface area contributed by atoms with Crippen LogP contribution in [0.5, 0.6) is 0 Å². The third kappa shape index (κ3) is 3.42. The number of halogens is 2. The van der Waals surface area contributed by atoms with Crippen LogP contribution in [0.15, 0.2) is 53.4 Å². The minimum atomic E-state index is -0.597. The lowest BCUT2D eigenvalue weighted by Crippen LogP contribution is -2.01.